The first-order valence-electron chi connectivity index (χ1n) is 5.63. The summed E-state index contributed by atoms with van der Waals surface area (Å²) in [5, 5.41) is 11.8. The van der Waals surface area contributed by atoms with E-state index in [4.69, 9.17) is 5.11 Å². The Labute approximate surface area is 95.7 Å². The van der Waals surface area contributed by atoms with Crippen molar-refractivity contribution >= 4 is 11.9 Å². The highest BCUT2D eigenvalue weighted by molar-refractivity contribution is 5.85. The number of hydrogen-bond donors (Lipinski definition) is 2. The maximum absolute atomic E-state index is 11.8. The molecule has 0 saturated carbocycles. The molecular weight excluding hydrogens is 206 g/mol. The predicted molar refractivity (Wildman–Crippen MR) is 60.9 cm³/mol. The van der Waals surface area contributed by atoms with E-state index in [0.29, 0.717) is 19.4 Å². The van der Waals surface area contributed by atoms with Crippen molar-refractivity contribution in [1.82, 2.24) is 5.32 Å². The Kier molecular flexibility index (Phi) is 4.10. The van der Waals surface area contributed by atoms with Crippen molar-refractivity contribution in [3.05, 3.63) is 11.1 Å². The van der Waals surface area contributed by atoms with Crippen LogP contribution in [-0.4, -0.2) is 23.5 Å². The second kappa shape index (κ2) is 5.14. The van der Waals surface area contributed by atoms with Crippen LogP contribution in [0.1, 0.15) is 33.6 Å². The minimum Gasteiger partial charge on any atom is -0.481 e. The van der Waals surface area contributed by atoms with E-state index in [9.17, 15) is 9.59 Å². The van der Waals surface area contributed by atoms with Crippen molar-refractivity contribution < 1.29 is 14.7 Å². The van der Waals surface area contributed by atoms with E-state index in [1.165, 1.54) is 0 Å². The Hall–Kier alpha value is -1.32. The van der Waals surface area contributed by atoms with E-state index in [-0.39, 0.29) is 5.91 Å². The van der Waals surface area contributed by atoms with Crippen molar-refractivity contribution in [3.63, 3.8) is 0 Å². The molecule has 0 aromatic rings. The van der Waals surface area contributed by atoms with E-state index >= 15 is 0 Å². The van der Waals surface area contributed by atoms with Gasteiger partial charge < -0.3 is 10.4 Å². The Morgan fingerprint density at radius 3 is 2.19 bits per heavy atom. The number of amides is 1. The van der Waals surface area contributed by atoms with Gasteiger partial charge in [-0.2, -0.15) is 0 Å². The van der Waals surface area contributed by atoms with Gasteiger partial charge in [-0.15, -0.1) is 0 Å². The van der Waals surface area contributed by atoms with Crippen LogP contribution < -0.4 is 5.32 Å². The second-order valence-corrected chi connectivity index (χ2v) is 4.41. The first kappa shape index (κ1) is 12.7. The second-order valence-electron chi connectivity index (χ2n) is 4.41. The Bertz CT molecular complexity index is 333. The maximum Gasteiger partial charge on any atom is 0.307 e. The van der Waals surface area contributed by atoms with Crippen LogP contribution in [0.4, 0.5) is 0 Å². The molecule has 2 N–H and O–H groups in total. The van der Waals surface area contributed by atoms with Gasteiger partial charge in [-0.25, -0.2) is 0 Å². The quantitative estimate of drug-likeness (QED) is 0.716. The standard InChI is InChI=1S/C12H19NO3/c1-4-13-11(14)9-5-7(2)8(3)6-10(9)12(15)16/h9-10H,4-6H2,1-3H3,(H,13,14)(H,15,16). The van der Waals surface area contributed by atoms with Gasteiger partial charge >= 0.3 is 5.97 Å². The number of carboxylic acid groups (broad SMARTS) is 1. The molecule has 1 rings (SSSR count). The van der Waals surface area contributed by atoms with Crippen molar-refractivity contribution in [3.8, 4) is 0 Å². The van der Waals surface area contributed by atoms with Gasteiger partial charge in [0.25, 0.3) is 0 Å². The first-order valence-corrected chi connectivity index (χ1v) is 5.63. The van der Waals surface area contributed by atoms with Gasteiger partial charge in [-0.1, -0.05) is 11.1 Å². The Morgan fingerprint density at radius 2 is 1.75 bits per heavy atom. The molecule has 0 fully saturated rings. The summed E-state index contributed by atoms with van der Waals surface area (Å²) < 4.78 is 0. The molecule has 0 spiro atoms. The molecule has 0 aliphatic heterocycles. The summed E-state index contributed by atoms with van der Waals surface area (Å²) in [7, 11) is 0. The van der Waals surface area contributed by atoms with Crippen LogP contribution in [0.15, 0.2) is 11.1 Å². The topological polar surface area (TPSA) is 66.4 Å². The number of carbonyl (C=O) groups is 2. The average Bonchev–Trinajstić information content (AvgIpc) is 2.21. The van der Waals surface area contributed by atoms with E-state index < -0.39 is 17.8 Å². The molecule has 0 saturated heterocycles. The van der Waals surface area contributed by atoms with E-state index in [1.807, 2.05) is 20.8 Å². The molecule has 0 radical (unpaired) electrons. The number of allylic oxidation sites excluding steroid dienone is 2. The number of rotatable bonds is 3. The van der Waals surface area contributed by atoms with Crippen molar-refractivity contribution in [2.75, 3.05) is 6.54 Å². The number of aliphatic carboxylic acids is 1. The summed E-state index contributed by atoms with van der Waals surface area (Å²) >= 11 is 0. The normalized spacial score (nSPS) is 25.4. The van der Waals surface area contributed by atoms with Crippen LogP contribution in [0.2, 0.25) is 0 Å². The largest absolute Gasteiger partial charge is 0.481 e. The maximum atomic E-state index is 11.8. The van der Waals surface area contributed by atoms with Gasteiger partial charge in [0.05, 0.1) is 11.8 Å². The lowest BCUT2D eigenvalue weighted by Crippen LogP contribution is -2.40. The molecule has 1 amide bonds. The fraction of sp³-hybridized carbons (Fsp3) is 0.667. The van der Waals surface area contributed by atoms with Crippen LogP contribution in [0.5, 0.6) is 0 Å². The predicted octanol–water partition coefficient (Wildman–Crippen LogP) is 1.57. The summed E-state index contributed by atoms with van der Waals surface area (Å²) in [5.74, 6) is -2.00. The monoisotopic (exact) mass is 225 g/mol. The number of carboxylic acids is 1. The van der Waals surface area contributed by atoms with Crippen molar-refractivity contribution in [2.45, 2.75) is 33.6 Å². The fourth-order valence-electron chi connectivity index (χ4n) is 2.13. The van der Waals surface area contributed by atoms with Crippen LogP contribution in [0.25, 0.3) is 0 Å². The molecule has 0 aromatic heterocycles. The molecule has 4 heteroatoms. The lowest BCUT2D eigenvalue weighted by Gasteiger charge is -2.29. The van der Waals surface area contributed by atoms with Gasteiger partial charge in [0, 0.05) is 6.54 Å². The summed E-state index contributed by atoms with van der Waals surface area (Å²) in [4.78, 5) is 22.9. The van der Waals surface area contributed by atoms with Gasteiger partial charge in [0.2, 0.25) is 5.91 Å². The third-order valence-corrected chi connectivity index (χ3v) is 3.27. The lowest BCUT2D eigenvalue weighted by molar-refractivity contribution is -0.147. The zero-order valence-electron chi connectivity index (χ0n) is 10.0. The minimum atomic E-state index is -0.872. The molecule has 16 heavy (non-hydrogen) atoms. The van der Waals surface area contributed by atoms with Crippen molar-refractivity contribution in [1.29, 1.82) is 0 Å². The average molecular weight is 225 g/mol. The lowest BCUT2D eigenvalue weighted by atomic mass is 9.76. The highest BCUT2D eigenvalue weighted by Gasteiger charge is 2.36. The Balaban J connectivity index is 2.88. The molecule has 90 valence electrons. The minimum absolute atomic E-state index is 0.137. The van der Waals surface area contributed by atoms with Gasteiger partial charge in [0.15, 0.2) is 0 Å². The third kappa shape index (κ3) is 2.62. The summed E-state index contributed by atoms with van der Waals surface area (Å²) in [6.45, 7) is 6.30. The summed E-state index contributed by atoms with van der Waals surface area (Å²) in [6, 6.07) is 0. The van der Waals surface area contributed by atoms with Gasteiger partial charge in [0.1, 0.15) is 0 Å². The fourth-order valence-corrected chi connectivity index (χ4v) is 2.13. The van der Waals surface area contributed by atoms with Crippen LogP contribution in [0.3, 0.4) is 0 Å². The Morgan fingerprint density at radius 1 is 1.25 bits per heavy atom. The first-order chi connectivity index (χ1) is 7.47. The van der Waals surface area contributed by atoms with Gasteiger partial charge in [-0.3, -0.25) is 9.59 Å². The molecule has 1 aliphatic rings. The number of carbonyl (C=O) groups excluding carboxylic acids is 1. The van der Waals surface area contributed by atoms with Crippen molar-refractivity contribution in [2.24, 2.45) is 11.8 Å². The molecule has 0 bridgehead atoms. The van der Waals surface area contributed by atoms with Crippen LogP contribution in [0, 0.1) is 11.8 Å². The highest BCUT2D eigenvalue weighted by Crippen LogP contribution is 2.34. The summed E-state index contributed by atoms with van der Waals surface area (Å²) in [5.41, 5.74) is 2.25. The van der Waals surface area contributed by atoms with Crippen LogP contribution in [-0.2, 0) is 9.59 Å². The SMILES string of the molecule is CCNC(=O)C1CC(C)=C(C)CC1C(=O)O. The third-order valence-electron chi connectivity index (χ3n) is 3.27. The molecule has 2 atom stereocenters. The van der Waals surface area contributed by atoms with E-state index in [1.54, 1.807) is 0 Å². The van der Waals surface area contributed by atoms with Gasteiger partial charge in [-0.05, 0) is 33.6 Å². The number of hydrogen-bond acceptors (Lipinski definition) is 2. The molecule has 0 heterocycles. The van der Waals surface area contributed by atoms with E-state index in [2.05, 4.69) is 5.32 Å². The highest BCUT2D eigenvalue weighted by atomic mass is 16.4. The molecule has 0 aromatic carbocycles. The van der Waals surface area contributed by atoms with Crippen LogP contribution >= 0.6 is 0 Å². The van der Waals surface area contributed by atoms with E-state index in [0.717, 1.165) is 11.1 Å². The zero-order chi connectivity index (χ0) is 12.3. The number of nitrogens with one attached hydrogen (secondary N) is 1. The zero-order valence-corrected chi connectivity index (χ0v) is 10.0. The molecule has 1 aliphatic carbocycles. The molecule has 2 unspecified atom stereocenters. The summed E-state index contributed by atoms with van der Waals surface area (Å²) in [6.07, 6.45) is 1.05. The molecule has 4 nitrogen and oxygen atoms in total. The smallest absolute Gasteiger partial charge is 0.307 e. The molecular formula is C12H19NO3.